The first-order valence-electron chi connectivity index (χ1n) is 7.09. The third-order valence-electron chi connectivity index (χ3n) is 4.11. The summed E-state index contributed by atoms with van der Waals surface area (Å²) < 4.78 is 1.20. The van der Waals surface area contributed by atoms with Crippen LogP contribution in [0.3, 0.4) is 0 Å². The molecule has 0 aliphatic carbocycles. The molecule has 2 heteroatoms. The van der Waals surface area contributed by atoms with E-state index in [1.54, 1.807) is 0 Å². The Hall–Kier alpha value is -1.43. The molecule has 0 unspecified atom stereocenters. The van der Waals surface area contributed by atoms with Crippen molar-refractivity contribution in [3.63, 3.8) is 0 Å². The van der Waals surface area contributed by atoms with Crippen molar-refractivity contribution in [2.75, 3.05) is 6.66 Å². The molecule has 0 saturated heterocycles. The van der Waals surface area contributed by atoms with Crippen LogP contribution in [0.5, 0.6) is 0 Å². The summed E-state index contributed by atoms with van der Waals surface area (Å²) in [5.41, 5.74) is 0. The molecular formula is C19H18BrP. The predicted octanol–water partition coefficient (Wildman–Crippen LogP) is 4.11. The fraction of sp³-hybridized carbons (Fsp3) is 0.0526. The number of hydrogen-bond acceptors (Lipinski definition) is 0. The molecule has 0 atom stereocenters. The van der Waals surface area contributed by atoms with Gasteiger partial charge in [-0.3, -0.25) is 0 Å². The number of hydrogen-bond donors (Lipinski definition) is 0. The number of rotatable bonds is 3. The fourth-order valence-corrected chi connectivity index (χ4v) is 8.03. The van der Waals surface area contributed by atoms with Crippen LogP contribution in [0.2, 0.25) is 0 Å². The molecule has 0 saturated carbocycles. The van der Waals surface area contributed by atoms with Gasteiger partial charge in [0.2, 0.25) is 0 Å². The molecule has 3 rings (SSSR count). The molecule has 0 amide bonds. The molecule has 0 radical (unpaired) electrons. The molecule has 0 nitrogen and oxygen atoms in total. The molecule has 0 bridgehead atoms. The predicted molar refractivity (Wildman–Crippen MR) is 100 cm³/mol. The molecule has 0 aliphatic rings. The molecule has 0 aromatic heterocycles. The van der Waals surface area contributed by atoms with E-state index in [1.165, 1.54) is 20.4 Å². The van der Waals surface area contributed by atoms with Gasteiger partial charge in [-0.05, 0) is 0 Å². The first-order chi connectivity index (χ1) is 10.2. The van der Waals surface area contributed by atoms with Crippen LogP contribution in [0.4, 0.5) is 0 Å². The van der Waals surface area contributed by atoms with Crippen LogP contribution in [0.15, 0.2) is 89.4 Å². The van der Waals surface area contributed by atoms with Gasteiger partial charge in [0.1, 0.15) is 0 Å². The fourth-order valence-electron chi connectivity index (χ4n) is 2.89. The summed E-state index contributed by atoms with van der Waals surface area (Å²) in [6.07, 6.45) is 0. The second-order valence-corrected chi connectivity index (χ2v) is 10.1. The van der Waals surface area contributed by atoms with Gasteiger partial charge in [0.15, 0.2) is 0 Å². The van der Waals surface area contributed by atoms with E-state index in [9.17, 15) is 0 Å². The van der Waals surface area contributed by atoms with Crippen LogP contribution >= 0.6 is 23.2 Å². The monoisotopic (exact) mass is 356 g/mol. The Labute approximate surface area is 135 Å². The summed E-state index contributed by atoms with van der Waals surface area (Å²) in [4.78, 5) is 0. The first-order valence-corrected chi connectivity index (χ1v) is 10.4. The quantitative estimate of drug-likeness (QED) is 0.619. The Kier molecular flexibility index (Phi) is 4.24. The molecule has 0 N–H and O–H groups in total. The van der Waals surface area contributed by atoms with Gasteiger partial charge in [-0.2, -0.15) is 0 Å². The molecule has 3 aromatic rings. The summed E-state index contributed by atoms with van der Waals surface area (Å²) in [5, 5.41) is 4.29. The SMILES string of the molecule is C[PH](c1ccccc1)(c1ccccc1)c1ccccc1Br. The average molecular weight is 357 g/mol. The maximum atomic E-state index is 3.76. The van der Waals surface area contributed by atoms with E-state index >= 15 is 0 Å². The summed E-state index contributed by atoms with van der Waals surface area (Å²) in [5.74, 6) is 0. The molecule has 106 valence electrons. The van der Waals surface area contributed by atoms with Gasteiger partial charge in [0.25, 0.3) is 0 Å². The summed E-state index contributed by atoms with van der Waals surface area (Å²) in [6.45, 7) is 2.43. The van der Waals surface area contributed by atoms with Crippen LogP contribution in [0.25, 0.3) is 0 Å². The Morgan fingerprint density at radius 3 is 1.52 bits per heavy atom. The van der Waals surface area contributed by atoms with Crippen LogP contribution < -0.4 is 15.9 Å². The Bertz CT molecular complexity index is 683. The minimum atomic E-state index is -1.97. The maximum absolute atomic E-state index is 3.76. The van der Waals surface area contributed by atoms with Gasteiger partial charge < -0.3 is 0 Å². The van der Waals surface area contributed by atoms with Crippen LogP contribution in [0.1, 0.15) is 0 Å². The third kappa shape index (κ3) is 2.69. The van der Waals surface area contributed by atoms with Crippen LogP contribution in [-0.4, -0.2) is 6.66 Å². The van der Waals surface area contributed by atoms with Crippen molar-refractivity contribution in [1.82, 2.24) is 0 Å². The van der Waals surface area contributed by atoms with Crippen molar-refractivity contribution in [3.05, 3.63) is 89.4 Å². The van der Waals surface area contributed by atoms with Crippen molar-refractivity contribution >= 4 is 39.1 Å². The van der Waals surface area contributed by atoms with Crippen LogP contribution in [0, 0.1) is 0 Å². The number of benzene rings is 3. The van der Waals surface area contributed by atoms with Crippen molar-refractivity contribution in [1.29, 1.82) is 0 Å². The van der Waals surface area contributed by atoms with E-state index in [4.69, 9.17) is 0 Å². The van der Waals surface area contributed by atoms with Gasteiger partial charge in [-0.1, -0.05) is 0 Å². The summed E-state index contributed by atoms with van der Waals surface area (Å²) in [6, 6.07) is 30.4. The second-order valence-electron chi connectivity index (χ2n) is 5.34. The standard InChI is InChI=1S/C19H18BrP/c1-21(16-10-4-2-5-11-16,17-12-6-3-7-13-17)19-15-9-8-14-18(19)20/h2-15,21H,1H3. The van der Waals surface area contributed by atoms with Gasteiger partial charge in [0.05, 0.1) is 0 Å². The van der Waals surface area contributed by atoms with Crippen molar-refractivity contribution < 1.29 is 0 Å². The van der Waals surface area contributed by atoms with Crippen molar-refractivity contribution in [2.45, 2.75) is 0 Å². The summed E-state index contributed by atoms with van der Waals surface area (Å²) in [7, 11) is -1.97. The molecule has 0 fully saturated rings. The van der Waals surface area contributed by atoms with E-state index in [1.807, 2.05) is 0 Å². The molecule has 3 aromatic carbocycles. The van der Waals surface area contributed by atoms with Crippen molar-refractivity contribution in [2.24, 2.45) is 0 Å². The molecular weight excluding hydrogens is 339 g/mol. The molecule has 0 heterocycles. The van der Waals surface area contributed by atoms with Gasteiger partial charge >= 0.3 is 135 Å². The molecule has 0 spiro atoms. The topological polar surface area (TPSA) is 0 Å². The van der Waals surface area contributed by atoms with E-state index in [0.717, 1.165) is 0 Å². The van der Waals surface area contributed by atoms with E-state index in [-0.39, 0.29) is 0 Å². The van der Waals surface area contributed by atoms with E-state index in [0.29, 0.717) is 0 Å². The number of halogens is 1. The normalized spacial score (nSPS) is 12.1. The average Bonchev–Trinajstić information content (AvgIpc) is 2.56. The molecule has 0 aliphatic heterocycles. The summed E-state index contributed by atoms with van der Waals surface area (Å²) >= 11 is 3.76. The van der Waals surface area contributed by atoms with Gasteiger partial charge in [-0.15, -0.1) is 0 Å². The Morgan fingerprint density at radius 2 is 1.05 bits per heavy atom. The van der Waals surface area contributed by atoms with Gasteiger partial charge in [0, 0.05) is 0 Å². The third-order valence-corrected chi connectivity index (χ3v) is 9.66. The second kappa shape index (κ2) is 6.13. The molecule has 21 heavy (non-hydrogen) atoms. The van der Waals surface area contributed by atoms with Crippen molar-refractivity contribution in [3.8, 4) is 0 Å². The zero-order valence-electron chi connectivity index (χ0n) is 12.0. The Balaban J connectivity index is 2.29. The van der Waals surface area contributed by atoms with E-state index < -0.39 is 7.26 Å². The van der Waals surface area contributed by atoms with Gasteiger partial charge in [-0.25, -0.2) is 0 Å². The zero-order chi connectivity index (χ0) is 14.7. The Morgan fingerprint density at radius 1 is 0.619 bits per heavy atom. The van der Waals surface area contributed by atoms with E-state index in [2.05, 4.69) is 108 Å². The minimum absolute atomic E-state index is 1.20. The van der Waals surface area contributed by atoms with Crippen LogP contribution in [-0.2, 0) is 0 Å². The first kappa shape index (κ1) is 14.5. The zero-order valence-corrected chi connectivity index (χ0v) is 14.5.